The van der Waals surface area contributed by atoms with Gasteiger partial charge in [-0.25, -0.2) is 0 Å². The number of nitrogens with zero attached hydrogens (tertiary/aromatic N) is 1. The Hall–Kier alpha value is -0.870. The quantitative estimate of drug-likeness (QED) is 0.537. The minimum atomic E-state index is 0.141. The van der Waals surface area contributed by atoms with Gasteiger partial charge in [0.05, 0.1) is 12.7 Å². The van der Waals surface area contributed by atoms with Crippen molar-refractivity contribution in [1.29, 1.82) is 0 Å². The SMILES string of the molecule is CC(C)OCCNC/C=C/C(=O)N1CCCC1. The summed E-state index contributed by atoms with van der Waals surface area (Å²) in [5.74, 6) is 0.141. The number of hydrogen-bond donors (Lipinski definition) is 1. The predicted molar refractivity (Wildman–Crippen MR) is 68.9 cm³/mol. The summed E-state index contributed by atoms with van der Waals surface area (Å²) in [5, 5.41) is 3.20. The van der Waals surface area contributed by atoms with E-state index in [-0.39, 0.29) is 12.0 Å². The van der Waals surface area contributed by atoms with E-state index in [9.17, 15) is 4.79 Å². The summed E-state index contributed by atoms with van der Waals surface area (Å²) in [7, 11) is 0. The van der Waals surface area contributed by atoms with Crippen LogP contribution in [0.4, 0.5) is 0 Å². The number of rotatable bonds is 7. The third-order valence-corrected chi connectivity index (χ3v) is 2.67. The van der Waals surface area contributed by atoms with Crippen molar-refractivity contribution in [2.75, 3.05) is 32.8 Å². The standard InChI is InChI=1S/C13H24N2O2/c1-12(2)17-11-8-14-7-5-6-13(16)15-9-3-4-10-15/h5-6,12,14H,3-4,7-11H2,1-2H3/b6-5+. The number of likely N-dealkylation sites (tertiary alicyclic amines) is 1. The molecule has 1 heterocycles. The first kappa shape index (κ1) is 14.2. The largest absolute Gasteiger partial charge is 0.377 e. The van der Waals surface area contributed by atoms with E-state index < -0.39 is 0 Å². The fourth-order valence-electron chi connectivity index (χ4n) is 1.75. The van der Waals surface area contributed by atoms with E-state index >= 15 is 0 Å². The van der Waals surface area contributed by atoms with Crippen molar-refractivity contribution in [2.45, 2.75) is 32.8 Å². The molecular weight excluding hydrogens is 216 g/mol. The van der Waals surface area contributed by atoms with Crippen molar-refractivity contribution < 1.29 is 9.53 Å². The topological polar surface area (TPSA) is 41.6 Å². The van der Waals surface area contributed by atoms with Gasteiger partial charge in [-0.1, -0.05) is 6.08 Å². The highest BCUT2D eigenvalue weighted by atomic mass is 16.5. The van der Waals surface area contributed by atoms with Gasteiger partial charge in [-0.05, 0) is 26.7 Å². The average molecular weight is 240 g/mol. The summed E-state index contributed by atoms with van der Waals surface area (Å²) in [4.78, 5) is 13.5. The molecule has 1 amide bonds. The van der Waals surface area contributed by atoms with E-state index in [1.165, 1.54) is 0 Å². The van der Waals surface area contributed by atoms with Crippen LogP contribution in [0, 0.1) is 0 Å². The van der Waals surface area contributed by atoms with E-state index in [0.717, 1.165) is 39.0 Å². The Bertz CT molecular complexity index is 246. The molecule has 1 N–H and O–H groups in total. The molecule has 0 spiro atoms. The van der Waals surface area contributed by atoms with Gasteiger partial charge in [-0.3, -0.25) is 4.79 Å². The Kier molecular flexibility index (Phi) is 6.89. The Morgan fingerprint density at radius 3 is 2.76 bits per heavy atom. The second-order valence-corrected chi connectivity index (χ2v) is 4.56. The van der Waals surface area contributed by atoms with Gasteiger partial charge in [-0.15, -0.1) is 0 Å². The molecule has 1 fully saturated rings. The third kappa shape index (κ3) is 6.44. The van der Waals surface area contributed by atoms with E-state index in [2.05, 4.69) is 5.32 Å². The number of carbonyl (C=O) groups is 1. The Labute approximate surface area is 104 Å². The van der Waals surface area contributed by atoms with E-state index in [1.807, 2.05) is 24.8 Å². The molecule has 0 atom stereocenters. The lowest BCUT2D eigenvalue weighted by molar-refractivity contribution is -0.125. The smallest absolute Gasteiger partial charge is 0.246 e. The predicted octanol–water partition coefficient (Wildman–Crippen LogP) is 1.18. The zero-order chi connectivity index (χ0) is 12.5. The van der Waals surface area contributed by atoms with E-state index in [0.29, 0.717) is 6.61 Å². The lowest BCUT2D eigenvalue weighted by atomic mass is 10.4. The van der Waals surface area contributed by atoms with Crippen LogP contribution in [0.15, 0.2) is 12.2 Å². The molecule has 98 valence electrons. The van der Waals surface area contributed by atoms with Crippen LogP contribution in [-0.4, -0.2) is 49.7 Å². The molecule has 0 unspecified atom stereocenters. The molecule has 0 bridgehead atoms. The van der Waals surface area contributed by atoms with Crippen LogP contribution in [0.1, 0.15) is 26.7 Å². The molecule has 4 nitrogen and oxygen atoms in total. The fourth-order valence-corrected chi connectivity index (χ4v) is 1.75. The van der Waals surface area contributed by atoms with Crippen molar-refractivity contribution in [3.8, 4) is 0 Å². The molecule has 0 saturated carbocycles. The maximum atomic E-state index is 11.6. The highest BCUT2D eigenvalue weighted by Gasteiger charge is 2.14. The molecule has 0 radical (unpaired) electrons. The van der Waals surface area contributed by atoms with Crippen molar-refractivity contribution in [3.05, 3.63) is 12.2 Å². The molecule has 0 aliphatic carbocycles. The third-order valence-electron chi connectivity index (χ3n) is 2.67. The number of ether oxygens (including phenoxy) is 1. The van der Waals surface area contributed by atoms with E-state index in [1.54, 1.807) is 6.08 Å². The van der Waals surface area contributed by atoms with Crippen molar-refractivity contribution in [1.82, 2.24) is 10.2 Å². The van der Waals surface area contributed by atoms with Crippen LogP contribution < -0.4 is 5.32 Å². The van der Waals surface area contributed by atoms with Gasteiger partial charge in [0, 0.05) is 32.3 Å². The molecule has 1 rings (SSSR count). The number of amides is 1. The minimum Gasteiger partial charge on any atom is -0.377 e. The van der Waals surface area contributed by atoms with Gasteiger partial charge < -0.3 is 15.0 Å². The lowest BCUT2D eigenvalue weighted by Crippen LogP contribution is -2.26. The first-order valence-electron chi connectivity index (χ1n) is 6.48. The summed E-state index contributed by atoms with van der Waals surface area (Å²) in [6.45, 7) is 8.13. The molecule has 0 aromatic carbocycles. The summed E-state index contributed by atoms with van der Waals surface area (Å²) >= 11 is 0. The lowest BCUT2D eigenvalue weighted by Gasteiger charge is -2.11. The van der Waals surface area contributed by atoms with Gasteiger partial charge in [0.1, 0.15) is 0 Å². The first-order chi connectivity index (χ1) is 8.20. The molecule has 0 aromatic rings. The second kappa shape index (κ2) is 8.25. The van der Waals surface area contributed by atoms with Crippen LogP contribution >= 0.6 is 0 Å². The molecule has 1 aliphatic rings. The number of carbonyl (C=O) groups excluding carboxylic acids is 1. The van der Waals surface area contributed by atoms with Crippen molar-refractivity contribution >= 4 is 5.91 Å². The zero-order valence-electron chi connectivity index (χ0n) is 10.9. The Morgan fingerprint density at radius 2 is 2.12 bits per heavy atom. The van der Waals surface area contributed by atoms with Crippen LogP contribution in [0.2, 0.25) is 0 Å². The number of hydrogen-bond acceptors (Lipinski definition) is 3. The van der Waals surface area contributed by atoms with Gasteiger partial charge in [0.15, 0.2) is 0 Å². The molecule has 4 heteroatoms. The number of nitrogens with one attached hydrogen (secondary N) is 1. The summed E-state index contributed by atoms with van der Waals surface area (Å²) in [6, 6.07) is 0. The monoisotopic (exact) mass is 240 g/mol. The molecule has 17 heavy (non-hydrogen) atoms. The zero-order valence-corrected chi connectivity index (χ0v) is 10.9. The van der Waals surface area contributed by atoms with E-state index in [4.69, 9.17) is 4.74 Å². The van der Waals surface area contributed by atoms with Gasteiger partial charge in [0.25, 0.3) is 0 Å². The maximum Gasteiger partial charge on any atom is 0.246 e. The van der Waals surface area contributed by atoms with Gasteiger partial charge in [0.2, 0.25) is 5.91 Å². The highest BCUT2D eigenvalue weighted by Crippen LogP contribution is 2.07. The van der Waals surface area contributed by atoms with Crippen molar-refractivity contribution in [2.24, 2.45) is 0 Å². The van der Waals surface area contributed by atoms with Crippen LogP contribution in [0.25, 0.3) is 0 Å². The minimum absolute atomic E-state index is 0.141. The average Bonchev–Trinajstić information content (AvgIpc) is 2.80. The second-order valence-electron chi connectivity index (χ2n) is 4.56. The van der Waals surface area contributed by atoms with Crippen LogP contribution in [-0.2, 0) is 9.53 Å². The summed E-state index contributed by atoms with van der Waals surface area (Å²) in [6.07, 6.45) is 6.12. The first-order valence-corrected chi connectivity index (χ1v) is 6.48. The molecule has 1 saturated heterocycles. The molecule has 0 aromatic heterocycles. The van der Waals surface area contributed by atoms with Gasteiger partial charge >= 0.3 is 0 Å². The highest BCUT2D eigenvalue weighted by molar-refractivity contribution is 5.87. The summed E-state index contributed by atoms with van der Waals surface area (Å²) in [5.41, 5.74) is 0. The molecular formula is C13H24N2O2. The maximum absolute atomic E-state index is 11.6. The van der Waals surface area contributed by atoms with Crippen molar-refractivity contribution in [3.63, 3.8) is 0 Å². The van der Waals surface area contributed by atoms with Crippen LogP contribution in [0.5, 0.6) is 0 Å². The normalized spacial score (nSPS) is 16.3. The van der Waals surface area contributed by atoms with Crippen LogP contribution in [0.3, 0.4) is 0 Å². The Balaban J connectivity index is 1.99. The summed E-state index contributed by atoms with van der Waals surface area (Å²) < 4.78 is 5.39. The Morgan fingerprint density at radius 1 is 1.41 bits per heavy atom. The fraction of sp³-hybridized carbons (Fsp3) is 0.769. The molecule has 1 aliphatic heterocycles. The van der Waals surface area contributed by atoms with Gasteiger partial charge in [-0.2, -0.15) is 0 Å².